The van der Waals surface area contributed by atoms with Crippen LogP contribution in [-0.2, 0) is 10.0 Å². The summed E-state index contributed by atoms with van der Waals surface area (Å²) in [7, 11) is -3.42. The number of thiazole rings is 1. The van der Waals surface area contributed by atoms with Crippen molar-refractivity contribution < 1.29 is 8.42 Å². The monoisotopic (exact) mass is 547 g/mol. The van der Waals surface area contributed by atoms with E-state index in [4.69, 9.17) is 23.2 Å². The quantitative estimate of drug-likeness (QED) is 0.389. The van der Waals surface area contributed by atoms with Crippen LogP contribution in [0.25, 0.3) is 11.3 Å². The van der Waals surface area contributed by atoms with Crippen LogP contribution < -0.4 is 5.32 Å². The van der Waals surface area contributed by atoms with Gasteiger partial charge in [0.1, 0.15) is 0 Å². The summed E-state index contributed by atoms with van der Waals surface area (Å²) in [6.07, 6.45) is 2.93. The summed E-state index contributed by atoms with van der Waals surface area (Å²) in [5.74, 6) is 0. The molecule has 160 valence electrons. The first-order valence-corrected chi connectivity index (χ1v) is 12.3. The first-order chi connectivity index (χ1) is 13.9. The molecule has 0 atom stereocenters. The first-order valence-electron chi connectivity index (χ1n) is 9.22. The van der Waals surface area contributed by atoms with E-state index in [1.165, 1.54) is 11.3 Å². The van der Waals surface area contributed by atoms with Crippen LogP contribution >= 0.6 is 51.5 Å². The van der Waals surface area contributed by atoms with Gasteiger partial charge in [0, 0.05) is 29.7 Å². The Balaban J connectivity index is 0.00000256. The van der Waals surface area contributed by atoms with Crippen molar-refractivity contribution in [2.45, 2.75) is 24.2 Å². The number of hydrogen-bond donors (Lipinski definition) is 1. The number of nitrogens with one attached hydrogen (secondary N) is 1. The molecule has 4 rings (SSSR count). The molecule has 0 spiro atoms. The van der Waals surface area contributed by atoms with Gasteiger partial charge in [-0.3, -0.25) is 0 Å². The fourth-order valence-corrected chi connectivity index (χ4v) is 5.77. The number of hydrogen-bond acceptors (Lipinski definition) is 5. The van der Waals surface area contributed by atoms with Gasteiger partial charge in [-0.1, -0.05) is 41.8 Å². The summed E-state index contributed by atoms with van der Waals surface area (Å²) >= 11 is 13.4. The van der Waals surface area contributed by atoms with Crippen LogP contribution in [0.15, 0.2) is 52.7 Å². The zero-order valence-corrected chi connectivity index (χ0v) is 20.7. The number of rotatable bonds is 5. The lowest BCUT2D eigenvalue weighted by atomic mass is 10.2. The van der Waals surface area contributed by atoms with Crippen LogP contribution in [0.3, 0.4) is 0 Å². The maximum Gasteiger partial charge on any atom is 0.243 e. The van der Waals surface area contributed by atoms with E-state index in [0.29, 0.717) is 33.2 Å². The first kappa shape index (κ1) is 23.5. The van der Waals surface area contributed by atoms with Gasteiger partial charge < -0.3 is 5.32 Å². The van der Waals surface area contributed by atoms with Crippen molar-refractivity contribution in [3.63, 3.8) is 0 Å². The zero-order chi connectivity index (χ0) is 20.4. The SMILES string of the molecule is Br.O=S(=O)(c1ccc(-c2csc(Nc3ccc(Cl)c(Cl)c3)n2)cc1)N1CCCCC1. The van der Waals surface area contributed by atoms with E-state index in [2.05, 4.69) is 10.3 Å². The molecule has 1 aliphatic heterocycles. The molecular weight excluding hydrogens is 529 g/mol. The molecule has 1 aliphatic rings. The Labute approximate surface area is 200 Å². The van der Waals surface area contributed by atoms with Crippen molar-refractivity contribution in [3.8, 4) is 11.3 Å². The van der Waals surface area contributed by atoms with Crippen molar-refractivity contribution in [1.82, 2.24) is 9.29 Å². The molecule has 0 radical (unpaired) electrons. The van der Waals surface area contributed by atoms with Gasteiger partial charge in [0.15, 0.2) is 5.13 Å². The highest BCUT2D eigenvalue weighted by Gasteiger charge is 2.25. The number of nitrogens with zero attached hydrogens (tertiary/aromatic N) is 2. The molecule has 30 heavy (non-hydrogen) atoms. The smallest absolute Gasteiger partial charge is 0.243 e. The molecule has 1 fully saturated rings. The largest absolute Gasteiger partial charge is 0.331 e. The van der Waals surface area contributed by atoms with E-state index < -0.39 is 10.0 Å². The van der Waals surface area contributed by atoms with Crippen LogP contribution in [0.4, 0.5) is 10.8 Å². The number of piperidine rings is 1. The number of sulfonamides is 1. The molecule has 5 nitrogen and oxygen atoms in total. The molecule has 2 aromatic carbocycles. The van der Waals surface area contributed by atoms with Gasteiger partial charge in [0.2, 0.25) is 10.0 Å². The van der Waals surface area contributed by atoms with Crippen molar-refractivity contribution in [2.75, 3.05) is 18.4 Å². The Bertz CT molecular complexity index is 1120. The second-order valence-electron chi connectivity index (χ2n) is 6.78. The zero-order valence-electron chi connectivity index (χ0n) is 15.8. The summed E-state index contributed by atoms with van der Waals surface area (Å²) in [4.78, 5) is 4.91. The Kier molecular flexibility index (Phi) is 7.81. The highest BCUT2D eigenvalue weighted by molar-refractivity contribution is 8.93. The lowest BCUT2D eigenvalue weighted by molar-refractivity contribution is 0.346. The molecular formula is C20H20BrCl2N3O2S2. The van der Waals surface area contributed by atoms with E-state index in [-0.39, 0.29) is 17.0 Å². The van der Waals surface area contributed by atoms with Gasteiger partial charge in [-0.05, 0) is 43.2 Å². The minimum absolute atomic E-state index is 0. The molecule has 0 saturated carbocycles. The summed E-state index contributed by atoms with van der Waals surface area (Å²) in [5.41, 5.74) is 2.43. The Morgan fingerprint density at radius 1 is 0.967 bits per heavy atom. The Morgan fingerprint density at radius 3 is 2.33 bits per heavy atom. The fraction of sp³-hybridized carbons (Fsp3) is 0.250. The van der Waals surface area contributed by atoms with Gasteiger partial charge in [-0.25, -0.2) is 13.4 Å². The summed E-state index contributed by atoms with van der Waals surface area (Å²) < 4.78 is 27.1. The lowest BCUT2D eigenvalue weighted by Gasteiger charge is -2.25. The van der Waals surface area contributed by atoms with Gasteiger partial charge in [0.05, 0.1) is 20.6 Å². The predicted molar refractivity (Wildman–Crippen MR) is 130 cm³/mol. The number of aromatic nitrogens is 1. The van der Waals surface area contributed by atoms with Crippen molar-refractivity contribution in [1.29, 1.82) is 0 Å². The van der Waals surface area contributed by atoms with Crippen molar-refractivity contribution >= 4 is 72.4 Å². The number of benzene rings is 2. The number of anilines is 2. The summed E-state index contributed by atoms with van der Waals surface area (Å²) in [6.45, 7) is 1.19. The minimum Gasteiger partial charge on any atom is -0.331 e. The maximum absolute atomic E-state index is 12.8. The van der Waals surface area contributed by atoms with Crippen LogP contribution in [0.1, 0.15) is 19.3 Å². The van der Waals surface area contributed by atoms with Gasteiger partial charge in [0.25, 0.3) is 0 Å². The molecule has 0 amide bonds. The van der Waals surface area contributed by atoms with Crippen LogP contribution in [0, 0.1) is 0 Å². The van der Waals surface area contributed by atoms with Crippen LogP contribution in [0.5, 0.6) is 0 Å². The van der Waals surface area contributed by atoms with Crippen LogP contribution in [0.2, 0.25) is 10.0 Å². The van der Waals surface area contributed by atoms with E-state index in [9.17, 15) is 8.42 Å². The maximum atomic E-state index is 12.8. The minimum atomic E-state index is -3.42. The Hall–Kier alpha value is -1.16. The van der Waals surface area contributed by atoms with E-state index >= 15 is 0 Å². The van der Waals surface area contributed by atoms with Gasteiger partial charge >= 0.3 is 0 Å². The van der Waals surface area contributed by atoms with E-state index in [1.807, 2.05) is 11.4 Å². The second-order valence-corrected chi connectivity index (χ2v) is 10.4. The van der Waals surface area contributed by atoms with Crippen molar-refractivity contribution in [3.05, 3.63) is 57.9 Å². The third-order valence-electron chi connectivity index (χ3n) is 4.78. The molecule has 10 heteroatoms. The lowest BCUT2D eigenvalue weighted by Crippen LogP contribution is -2.35. The van der Waals surface area contributed by atoms with Crippen molar-refractivity contribution in [2.24, 2.45) is 0 Å². The summed E-state index contributed by atoms with van der Waals surface area (Å²) in [6, 6.07) is 12.2. The van der Waals surface area contributed by atoms with Crippen LogP contribution in [-0.4, -0.2) is 30.8 Å². The fourth-order valence-electron chi connectivity index (χ4n) is 3.21. The topological polar surface area (TPSA) is 62.3 Å². The average molecular weight is 549 g/mol. The average Bonchev–Trinajstić information content (AvgIpc) is 3.20. The molecule has 0 unspecified atom stereocenters. The van der Waals surface area contributed by atoms with Gasteiger partial charge in [-0.15, -0.1) is 28.3 Å². The predicted octanol–water partition coefficient (Wildman–Crippen LogP) is 6.61. The Morgan fingerprint density at radius 2 is 1.67 bits per heavy atom. The summed E-state index contributed by atoms with van der Waals surface area (Å²) in [5, 5.41) is 6.81. The molecule has 1 N–H and O–H groups in total. The van der Waals surface area contributed by atoms with E-state index in [1.54, 1.807) is 40.7 Å². The molecule has 0 aliphatic carbocycles. The normalized spacial score (nSPS) is 14.9. The van der Waals surface area contributed by atoms with Gasteiger partial charge in [-0.2, -0.15) is 4.31 Å². The third-order valence-corrected chi connectivity index (χ3v) is 8.19. The molecule has 1 saturated heterocycles. The highest BCUT2D eigenvalue weighted by atomic mass is 79.9. The number of halogens is 3. The molecule has 0 bridgehead atoms. The highest BCUT2D eigenvalue weighted by Crippen LogP contribution is 2.31. The molecule has 3 aromatic rings. The second kappa shape index (κ2) is 9.97. The van der Waals surface area contributed by atoms with E-state index in [0.717, 1.165) is 36.2 Å². The standard InChI is InChI=1S/C20H19Cl2N3O2S2.BrH/c21-17-9-6-15(12-18(17)22)23-20-24-19(13-28-20)14-4-7-16(8-5-14)29(26,27)25-10-2-1-3-11-25;/h4-9,12-13H,1-3,10-11H2,(H,23,24);1H. The third kappa shape index (κ3) is 5.18. The molecule has 2 heterocycles. The molecule has 1 aromatic heterocycles.